The molecule has 3 aromatic rings. The average molecular weight is 268 g/mol. The zero-order valence-corrected chi connectivity index (χ0v) is 11.9. The van der Waals surface area contributed by atoms with Crippen molar-refractivity contribution in [3.05, 3.63) is 58.0 Å². The van der Waals surface area contributed by atoms with Crippen molar-refractivity contribution in [2.24, 2.45) is 0 Å². The minimum atomic E-state index is 0.785. The lowest BCUT2D eigenvalue weighted by atomic mass is 10.1. The highest BCUT2D eigenvalue weighted by Gasteiger charge is 2.04. The molecule has 0 aliphatic carbocycles. The highest BCUT2D eigenvalue weighted by Crippen LogP contribution is 2.24. The molecule has 0 radical (unpaired) electrons. The smallest absolute Gasteiger partial charge is 0.112 e. The van der Waals surface area contributed by atoms with Crippen LogP contribution in [0.5, 0.6) is 0 Å². The van der Waals surface area contributed by atoms with Gasteiger partial charge in [0, 0.05) is 16.0 Å². The number of nitrogens with zero attached hydrogens (tertiary/aromatic N) is 1. The molecule has 3 heteroatoms. The number of hydrogen-bond acceptors (Lipinski definition) is 3. The van der Waals surface area contributed by atoms with Crippen molar-refractivity contribution >= 4 is 27.8 Å². The first-order valence-electron chi connectivity index (χ1n) is 6.38. The van der Waals surface area contributed by atoms with Crippen molar-refractivity contribution in [2.75, 3.05) is 5.32 Å². The summed E-state index contributed by atoms with van der Waals surface area (Å²) in [5.41, 5.74) is 2.31. The van der Waals surface area contributed by atoms with E-state index in [4.69, 9.17) is 0 Å². The molecule has 0 aliphatic heterocycles. The Kier molecular flexibility index (Phi) is 3.22. The van der Waals surface area contributed by atoms with Crippen molar-refractivity contribution in [3.8, 4) is 0 Å². The van der Waals surface area contributed by atoms with E-state index >= 15 is 0 Å². The molecule has 2 nitrogen and oxygen atoms in total. The lowest BCUT2D eigenvalue weighted by Gasteiger charge is -2.08. The molecule has 0 fully saturated rings. The van der Waals surface area contributed by atoms with Crippen LogP contribution in [0.25, 0.3) is 10.8 Å². The molecule has 0 aliphatic rings. The number of aryl methyl sites for hydroxylation is 2. The molecule has 0 spiro atoms. The predicted octanol–water partition coefficient (Wildman–Crippen LogP) is 4.53. The second kappa shape index (κ2) is 5.02. The summed E-state index contributed by atoms with van der Waals surface area (Å²) in [6.45, 7) is 4.97. The molecule has 1 heterocycles. The van der Waals surface area contributed by atoms with Crippen molar-refractivity contribution in [2.45, 2.75) is 20.4 Å². The van der Waals surface area contributed by atoms with Gasteiger partial charge in [0.1, 0.15) is 5.01 Å². The largest absolute Gasteiger partial charge is 0.378 e. The van der Waals surface area contributed by atoms with Gasteiger partial charge in [0.25, 0.3) is 0 Å². The number of thiazole rings is 1. The number of fused-ring (bicyclic) bond motifs is 1. The first-order chi connectivity index (χ1) is 9.24. The van der Waals surface area contributed by atoms with Gasteiger partial charge in [-0.15, -0.1) is 11.3 Å². The number of anilines is 1. The zero-order valence-electron chi connectivity index (χ0n) is 11.1. The number of aromatic nitrogens is 1. The Morgan fingerprint density at radius 2 is 1.84 bits per heavy atom. The summed E-state index contributed by atoms with van der Waals surface area (Å²) in [6.07, 6.45) is 0. The van der Waals surface area contributed by atoms with E-state index in [9.17, 15) is 0 Å². The maximum Gasteiger partial charge on any atom is 0.112 e. The normalized spacial score (nSPS) is 10.8. The molecule has 96 valence electrons. The van der Waals surface area contributed by atoms with Crippen LogP contribution in [0.1, 0.15) is 15.6 Å². The number of rotatable bonds is 3. The summed E-state index contributed by atoms with van der Waals surface area (Å²) < 4.78 is 0. The molecule has 0 bridgehead atoms. The number of nitrogens with one attached hydrogen (secondary N) is 1. The second-order valence-electron chi connectivity index (χ2n) is 4.63. The van der Waals surface area contributed by atoms with Crippen LogP contribution in [-0.4, -0.2) is 4.98 Å². The topological polar surface area (TPSA) is 24.9 Å². The average Bonchev–Trinajstić information content (AvgIpc) is 2.75. The van der Waals surface area contributed by atoms with Crippen LogP contribution in [0, 0.1) is 13.8 Å². The Labute approximate surface area is 117 Å². The molecule has 0 unspecified atom stereocenters. The van der Waals surface area contributed by atoms with E-state index in [-0.39, 0.29) is 0 Å². The second-order valence-corrected chi connectivity index (χ2v) is 5.92. The van der Waals surface area contributed by atoms with Crippen molar-refractivity contribution < 1.29 is 0 Å². The highest BCUT2D eigenvalue weighted by molar-refractivity contribution is 7.11. The molecule has 0 atom stereocenters. The number of hydrogen-bond donors (Lipinski definition) is 1. The SMILES string of the molecule is Cc1nc(CNc2cccc3ccccc23)sc1C. The fourth-order valence-electron chi connectivity index (χ4n) is 2.17. The van der Waals surface area contributed by atoms with Crippen molar-refractivity contribution in [1.29, 1.82) is 0 Å². The molecule has 0 saturated carbocycles. The van der Waals surface area contributed by atoms with Crippen LogP contribution in [0.4, 0.5) is 5.69 Å². The third kappa shape index (κ3) is 2.47. The van der Waals surface area contributed by atoms with Crippen LogP contribution < -0.4 is 5.32 Å². The van der Waals surface area contributed by atoms with E-state index in [0.29, 0.717) is 0 Å². The van der Waals surface area contributed by atoms with E-state index < -0.39 is 0 Å². The maximum atomic E-state index is 4.56. The monoisotopic (exact) mass is 268 g/mol. The Hall–Kier alpha value is -1.87. The van der Waals surface area contributed by atoms with Gasteiger partial charge in [-0.3, -0.25) is 0 Å². The van der Waals surface area contributed by atoms with Gasteiger partial charge < -0.3 is 5.32 Å². The Balaban J connectivity index is 1.85. The van der Waals surface area contributed by atoms with Gasteiger partial charge in [-0.25, -0.2) is 4.98 Å². The van der Waals surface area contributed by atoms with Crippen LogP contribution in [-0.2, 0) is 6.54 Å². The van der Waals surface area contributed by atoms with Crippen LogP contribution in [0.15, 0.2) is 42.5 Å². The van der Waals surface area contributed by atoms with Crippen LogP contribution in [0.2, 0.25) is 0 Å². The van der Waals surface area contributed by atoms with E-state index in [1.165, 1.54) is 21.3 Å². The van der Waals surface area contributed by atoms with Crippen LogP contribution in [0.3, 0.4) is 0 Å². The van der Waals surface area contributed by atoms with Gasteiger partial charge in [-0.2, -0.15) is 0 Å². The quantitative estimate of drug-likeness (QED) is 0.755. The van der Waals surface area contributed by atoms with Gasteiger partial charge in [-0.05, 0) is 25.3 Å². The molecular formula is C16H16N2S. The van der Waals surface area contributed by atoms with Crippen molar-refractivity contribution in [1.82, 2.24) is 4.98 Å². The first-order valence-corrected chi connectivity index (χ1v) is 7.20. The fraction of sp³-hybridized carbons (Fsp3) is 0.188. The summed E-state index contributed by atoms with van der Waals surface area (Å²) in [4.78, 5) is 5.86. The summed E-state index contributed by atoms with van der Waals surface area (Å²) in [5.74, 6) is 0. The summed E-state index contributed by atoms with van der Waals surface area (Å²) in [6, 6.07) is 14.8. The number of benzene rings is 2. The lowest BCUT2D eigenvalue weighted by molar-refractivity contribution is 1.07. The summed E-state index contributed by atoms with van der Waals surface area (Å²) in [5, 5.41) is 7.16. The van der Waals surface area contributed by atoms with E-state index in [0.717, 1.165) is 17.2 Å². The standard InChI is InChI=1S/C16H16N2S/c1-11-12(2)19-16(18-11)10-17-15-9-5-7-13-6-3-4-8-14(13)15/h3-9,17H,10H2,1-2H3. The van der Waals surface area contributed by atoms with E-state index in [1.807, 2.05) is 0 Å². The van der Waals surface area contributed by atoms with Gasteiger partial charge in [0.15, 0.2) is 0 Å². The molecule has 1 N–H and O–H groups in total. The van der Waals surface area contributed by atoms with Gasteiger partial charge in [-0.1, -0.05) is 36.4 Å². The summed E-state index contributed by atoms with van der Waals surface area (Å²) in [7, 11) is 0. The van der Waals surface area contributed by atoms with Gasteiger partial charge >= 0.3 is 0 Å². The zero-order chi connectivity index (χ0) is 13.2. The van der Waals surface area contributed by atoms with Crippen molar-refractivity contribution in [3.63, 3.8) is 0 Å². The molecule has 3 rings (SSSR count). The molecule has 0 saturated heterocycles. The molecule has 19 heavy (non-hydrogen) atoms. The van der Waals surface area contributed by atoms with Crippen LogP contribution >= 0.6 is 11.3 Å². The van der Waals surface area contributed by atoms with Gasteiger partial charge in [0.05, 0.1) is 12.2 Å². The molecular weight excluding hydrogens is 252 g/mol. The Bertz CT molecular complexity index is 691. The van der Waals surface area contributed by atoms with E-state index in [2.05, 4.69) is 66.6 Å². The highest BCUT2D eigenvalue weighted by atomic mass is 32.1. The van der Waals surface area contributed by atoms with Gasteiger partial charge in [0.2, 0.25) is 0 Å². The Morgan fingerprint density at radius 3 is 2.63 bits per heavy atom. The summed E-state index contributed by atoms with van der Waals surface area (Å²) >= 11 is 1.77. The maximum absolute atomic E-state index is 4.56. The molecule has 1 aromatic heterocycles. The lowest BCUT2D eigenvalue weighted by Crippen LogP contribution is -1.99. The fourth-order valence-corrected chi connectivity index (χ4v) is 3.04. The first kappa shape index (κ1) is 12.2. The van der Waals surface area contributed by atoms with E-state index in [1.54, 1.807) is 11.3 Å². The third-order valence-electron chi connectivity index (χ3n) is 3.29. The molecule has 0 amide bonds. The molecule has 2 aromatic carbocycles. The minimum absolute atomic E-state index is 0.785. The Morgan fingerprint density at radius 1 is 1.05 bits per heavy atom. The third-order valence-corrected chi connectivity index (χ3v) is 4.37. The minimum Gasteiger partial charge on any atom is -0.378 e. The predicted molar refractivity (Wildman–Crippen MR) is 82.9 cm³/mol.